The maximum Gasteiger partial charge on any atom is 0.156 e. The van der Waals surface area contributed by atoms with E-state index in [0.29, 0.717) is 12.0 Å². The van der Waals surface area contributed by atoms with E-state index < -0.39 is 6.10 Å². The smallest absolute Gasteiger partial charge is 0.156 e. The molecule has 0 aromatic carbocycles. The molecule has 4 nitrogen and oxygen atoms in total. The monoisotopic (exact) mass is 263 g/mol. The Hall–Kier alpha value is -0.900. The lowest BCUT2D eigenvalue weighted by molar-refractivity contribution is 0.0697. The first kappa shape index (κ1) is 13.1. The second-order valence-corrected chi connectivity index (χ2v) is 6.20. The van der Waals surface area contributed by atoms with Crippen molar-refractivity contribution >= 4 is 0 Å². The molecule has 1 aromatic rings. The summed E-state index contributed by atoms with van der Waals surface area (Å²) in [6, 6.07) is 0.462. The van der Waals surface area contributed by atoms with Crippen molar-refractivity contribution in [2.24, 2.45) is 5.92 Å². The molecule has 2 fully saturated rings. The normalized spacial score (nSPS) is 24.5. The van der Waals surface area contributed by atoms with Crippen LogP contribution in [0.3, 0.4) is 0 Å². The van der Waals surface area contributed by atoms with Crippen molar-refractivity contribution in [1.29, 1.82) is 0 Å². The number of rotatable bonds is 3. The second kappa shape index (κ2) is 6.04. The van der Waals surface area contributed by atoms with Gasteiger partial charge in [-0.2, -0.15) is 5.10 Å². The molecular weight excluding hydrogens is 238 g/mol. The molecule has 4 heteroatoms. The molecule has 3 rings (SSSR count). The highest BCUT2D eigenvalue weighted by Gasteiger charge is 2.29. The van der Waals surface area contributed by atoms with E-state index in [9.17, 15) is 5.11 Å². The van der Waals surface area contributed by atoms with Gasteiger partial charge in [0.1, 0.15) is 12.4 Å². The molecule has 2 saturated carbocycles. The van der Waals surface area contributed by atoms with Crippen molar-refractivity contribution in [3.05, 3.63) is 12.2 Å². The summed E-state index contributed by atoms with van der Waals surface area (Å²) in [5.41, 5.74) is 0. The largest absolute Gasteiger partial charge is 0.385 e. The van der Waals surface area contributed by atoms with Gasteiger partial charge in [0.2, 0.25) is 0 Å². The number of aliphatic hydroxyl groups is 1. The minimum Gasteiger partial charge on any atom is -0.385 e. The first-order valence-corrected chi connectivity index (χ1v) is 7.94. The topological polar surface area (TPSA) is 50.9 Å². The van der Waals surface area contributed by atoms with Gasteiger partial charge in [0, 0.05) is 0 Å². The van der Waals surface area contributed by atoms with Crippen molar-refractivity contribution in [1.82, 2.24) is 14.8 Å². The molecule has 1 heterocycles. The summed E-state index contributed by atoms with van der Waals surface area (Å²) >= 11 is 0. The first-order valence-electron chi connectivity index (χ1n) is 7.94. The molecule has 0 saturated heterocycles. The number of aliphatic hydroxyl groups excluding tert-OH is 1. The predicted octanol–water partition coefficient (Wildman–Crippen LogP) is 3.40. The van der Waals surface area contributed by atoms with Crippen molar-refractivity contribution < 1.29 is 5.11 Å². The minimum atomic E-state index is -0.412. The highest BCUT2D eigenvalue weighted by atomic mass is 16.3. The van der Waals surface area contributed by atoms with E-state index >= 15 is 0 Å². The van der Waals surface area contributed by atoms with Crippen LogP contribution in [0.15, 0.2) is 6.33 Å². The molecule has 2 aliphatic carbocycles. The molecule has 0 unspecified atom stereocenters. The third-order valence-corrected chi connectivity index (χ3v) is 4.88. The van der Waals surface area contributed by atoms with Gasteiger partial charge < -0.3 is 5.11 Å². The molecule has 1 atom stereocenters. The Balaban J connectivity index is 1.74. The zero-order chi connectivity index (χ0) is 13.1. The molecule has 1 aromatic heterocycles. The zero-order valence-corrected chi connectivity index (χ0v) is 11.7. The first-order chi connectivity index (χ1) is 9.36. The van der Waals surface area contributed by atoms with Crippen LogP contribution in [0.5, 0.6) is 0 Å². The van der Waals surface area contributed by atoms with Crippen LogP contribution in [0.1, 0.15) is 82.2 Å². The summed E-state index contributed by atoms with van der Waals surface area (Å²) < 4.78 is 2.03. The Morgan fingerprint density at radius 3 is 2.32 bits per heavy atom. The van der Waals surface area contributed by atoms with Crippen LogP contribution in [-0.4, -0.2) is 19.9 Å². The second-order valence-electron chi connectivity index (χ2n) is 6.20. The summed E-state index contributed by atoms with van der Waals surface area (Å²) in [5.74, 6) is 1.21. The zero-order valence-electron chi connectivity index (χ0n) is 11.7. The van der Waals surface area contributed by atoms with Gasteiger partial charge in [0.25, 0.3) is 0 Å². The third-order valence-electron chi connectivity index (χ3n) is 4.88. The van der Waals surface area contributed by atoms with Gasteiger partial charge in [-0.3, -0.25) is 0 Å². The SMILES string of the molecule is O[C@@H](c1ncnn1C1CCCCC1)C1CCCCC1. The van der Waals surface area contributed by atoms with Crippen LogP contribution in [0.2, 0.25) is 0 Å². The van der Waals surface area contributed by atoms with Crippen molar-refractivity contribution in [2.45, 2.75) is 76.4 Å². The number of nitrogens with zero attached hydrogens (tertiary/aromatic N) is 3. The molecule has 0 radical (unpaired) electrons. The van der Waals surface area contributed by atoms with Gasteiger partial charge in [0.05, 0.1) is 6.04 Å². The van der Waals surface area contributed by atoms with E-state index in [4.69, 9.17) is 0 Å². The van der Waals surface area contributed by atoms with E-state index in [2.05, 4.69) is 10.1 Å². The third kappa shape index (κ3) is 2.83. The highest BCUT2D eigenvalue weighted by Crippen LogP contribution is 2.36. The lowest BCUT2D eigenvalue weighted by atomic mass is 9.85. The molecule has 0 aliphatic heterocycles. The van der Waals surface area contributed by atoms with E-state index in [1.54, 1.807) is 6.33 Å². The fraction of sp³-hybridized carbons (Fsp3) is 0.867. The molecule has 106 valence electrons. The highest BCUT2D eigenvalue weighted by molar-refractivity contribution is 4.96. The lowest BCUT2D eigenvalue weighted by Crippen LogP contribution is -2.23. The molecule has 0 amide bonds. The van der Waals surface area contributed by atoms with E-state index in [-0.39, 0.29) is 0 Å². The van der Waals surface area contributed by atoms with Crippen LogP contribution in [0.4, 0.5) is 0 Å². The maximum absolute atomic E-state index is 10.6. The van der Waals surface area contributed by atoms with Gasteiger partial charge >= 0.3 is 0 Å². The summed E-state index contributed by atoms with van der Waals surface area (Å²) in [7, 11) is 0. The average Bonchev–Trinajstić information content (AvgIpc) is 2.98. The van der Waals surface area contributed by atoms with Gasteiger partial charge in [-0.05, 0) is 31.6 Å². The van der Waals surface area contributed by atoms with Gasteiger partial charge in [-0.25, -0.2) is 9.67 Å². The van der Waals surface area contributed by atoms with Crippen LogP contribution in [0, 0.1) is 5.92 Å². The van der Waals surface area contributed by atoms with Gasteiger partial charge in [-0.1, -0.05) is 38.5 Å². The maximum atomic E-state index is 10.6. The lowest BCUT2D eigenvalue weighted by Gasteiger charge is -2.29. The van der Waals surface area contributed by atoms with Crippen molar-refractivity contribution in [3.8, 4) is 0 Å². The molecule has 0 bridgehead atoms. The van der Waals surface area contributed by atoms with Crippen molar-refractivity contribution in [3.63, 3.8) is 0 Å². The number of aromatic nitrogens is 3. The van der Waals surface area contributed by atoms with Crippen LogP contribution < -0.4 is 0 Å². The fourth-order valence-corrected chi connectivity index (χ4v) is 3.74. The van der Waals surface area contributed by atoms with Crippen LogP contribution in [0.25, 0.3) is 0 Å². The van der Waals surface area contributed by atoms with Gasteiger partial charge in [-0.15, -0.1) is 0 Å². The van der Waals surface area contributed by atoms with Crippen LogP contribution in [-0.2, 0) is 0 Å². The molecule has 1 N–H and O–H groups in total. The van der Waals surface area contributed by atoms with E-state index in [0.717, 1.165) is 18.7 Å². The Morgan fingerprint density at radius 2 is 1.63 bits per heavy atom. The number of hydrogen-bond acceptors (Lipinski definition) is 3. The predicted molar refractivity (Wildman–Crippen MR) is 73.7 cm³/mol. The molecular formula is C15H25N3O. The quantitative estimate of drug-likeness (QED) is 0.909. The molecule has 2 aliphatic rings. The summed E-state index contributed by atoms with van der Waals surface area (Å²) in [5, 5.41) is 15.0. The van der Waals surface area contributed by atoms with E-state index in [1.165, 1.54) is 51.4 Å². The molecule has 19 heavy (non-hydrogen) atoms. The number of hydrogen-bond donors (Lipinski definition) is 1. The van der Waals surface area contributed by atoms with Gasteiger partial charge in [0.15, 0.2) is 5.82 Å². The fourth-order valence-electron chi connectivity index (χ4n) is 3.74. The summed E-state index contributed by atoms with van der Waals surface area (Å²) in [6.45, 7) is 0. The van der Waals surface area contributed by atoms with Crippen LogP contribution >= 0.6 is 0 Å². The summed E-state index contributed by atoms with van der Waals surface area (Å²) in [6.07, 6.45) is 13.6. The minimum absolute atomic E-state index is 0.389. The average molecular weight is 263 g/mol. The Bertz CT molecular complexity index is 392. The Morgan fingerprint density at radius 1 is 1.00 bits per heavy atom. The van der Waals surface area contributed by atoms with Crippen molar-refractivity contribution in [2.75, 3.05) is 0 Å². The standard InChI is InChI=1S/C15H25N3O/c19-14(12-7-3-1-4-8-12)15-16-11-17-18(15)13-9-5-2-6-10-13/h11-14,19H,1-10H2/t14-/m1/s1. The summed E-state index contributed by atoms with van der Waals surface area (Å²) in [4.78, 5) is 4.37. The Kier molecular flexibility index (Phi) is 4.16. The van der Waals surface area contributed by atoms with E-state index in [1.807, 2.05) is 4.68 Å². The Labute approximate surface area is 115 Å². The molecule has 0 spiro atoms.